The largest absolute Gasteiger partial charge is 0.368 e. The van der Waals surface area contributed by atoms with Gasteiger partial charge in [-0.1, -0.05) is 6.07 Å². The molecule has 0 aliphatic rings. The fourth-order valence-corrected chi connectivity index (χ4v) is 0.838. The van der Waals surface area contributed by atoms with Crippen LogP contribution in [0.3, 0.4) is 0 Å². The molecular weight excluding hydrogens is 154 g/mol. The third kappa shape index (κ3) is 2.23. The Morgan fingerprint density at radius 2 is 2.42 bits per heavy atom. The maximum atomic E-state index is 10.4. The van der Waals surface area contributed by atoms with E-state index in [1.807, 2.05) is 36.0 Å². The van der Waals surface area contributed by atoms with Crippen molar-refractivity contribution in [2.45, 2.75) is 0 Å². The normalized spacial score (nSPS) is 11.6. The highest BCUT2D eigenvalue weighted by atomic mass is 16.1. The summed E-state index contributed by atoms with van der Waals surface area (Å²) in [5, 5.41) is 0. The molecule has 0 saturated carbocycles. The molecule has 2 N–H and O–H groups in total. The molecule has 0 aliphatic heterocycles. The van der Waals surface area contributed by atoms with E-state index < -0.39 is 5.91 Å². The molecule has 4 nitrogen and oxygen atoms in total. The number of pyridine rings is 1. The second-order valence-corrected chi connectivity index (χ2v) is 2.45. The lowest BCUT2D eigenvalue weighted by molar-refractivity contribution is -0.116. The summed E-state index contributed by atoms with van der Waals surface area (Å²) in [5.74, 6) is -0.418. The summed E-state index contributed by atoms with van der Waals surface area (Å²) in [7, 11) is 1.86. The van der Waals surface area contributed by atoms with Gasteiger partial charge >= 0.3 is 0 Å². The van der Waals surface area contributed by atoms with Crippen molar-refractivity contribution in [3.05, 3.63) is 29.9 Å². The molecule has 0 bridgehead atoms. The molecule has 12 heavy (non-hydrogen) atoms. The first-order valence-corrected chi connectivity index (χ1v) is 3.60. The van der Waals surface area contributed by atoms with Gasteiger partial charge in [0.2, 0.25) is 5.91 Å². The highest BCUT2D eigenvalue weighted by Crippen LogP contribution is 1.76. The number of hydrogen-bond acceptors (Lipinski definition) is 2. The molecule has 4 heteroatoms. The molecule has 0 aliphatic carbocycles. The van der Waals surface area contributed by atoms with Crippen molar-refractivity contribution in [2.24, 2.45) is 17.8 Å². The topological polar surface area (TPSA) is 60.4 Å². The Morgan fingerprint density at radius 3 is 3.00 bits per heavy atom. The summed E-state index contributed by atoms with van der Waals surface area (Å²) in [6, 6.07) is 5.58. The average Bonchev–Trinajstić information content (AvgIpc) is 2.03. The van der Waals surface area contributed by atoms with Crippen LogP contribution in [0.4, 0.5) is 0 Å². The number of hydrogen-bond donors (Lipinski definition) is 1. The predicted molar refractivity (Wildman–Crippen MR) is 45.0 cm³/mol. The Bertz CT molecular complexity index is 340. The molecule has 0 aromatic carbocycles. The average molecular weight is 165 g/mol. The number of nitrogens with zero attached hydrogens (tertiary/aromatic N) is 2. The van der Waals surface area contributed by atoms with Crippen molar-refractivity contribution in [3.8, 4) is 0 Å². The Kier molecular flexibility index (Phi) is 2.63. The summed E-state index contributed by atoms with van der Waals surface area (Å²) >= 11 is 0. The minimum absolute atomic E-state index is 0.0395. The second-order valence-electron chi connectivity index (χ2n) is 2.45. The van der Waals surface area contributed by atoms with Crippen molar-refractivity contribution >= 4 is 5.91 Å². The highest BCUT2D eigenvalue weighted by Gasteiger charge is 1.89. The van der Waals surface area contributed by atoms with Crippen LogP contribution in [0.15, 0.2) is 29.4 Å². The van der Waals surface area contributed by atoms with E-state index in [0.717, 1.165) is 5.49 Å². The Hall–Kier alpha value is -1.58. The summed E-state index contributed by atoms with van der Waals surface area (Å²) in [4.78, 5) is 14.4. The summed E-state index contributed by atoms with van der Waals surface area (Å²) < 4.78 is 1.82. The van der Waals surface area contributed by atoms with Gasteiger partial charge in [0.05, 0.1) is 0 Å². The monoisotopic (exact) mass is 165 g/mol. The quantitative estimate of drug-likeness (QED) is 0.625. The number of nitrogens with two attached hydrogens (primary N) is 1. The molecule has 0 fully saturated rings. The molecule has 1 amide bonds. The van der Waals surface area contributed by atoms with Crippen LogP contribution in [0.1, 0.15) is 0 Å². The SMILES string of the molecule is Cn1ccccc1=NCC(N)=O. The van der Waals surface area contributed by atoms with Crippen LogP contribution in [0.25, 0.3) is 0 Å². The lowest BCUT2D eigenvalue weighted by atomic mass is 10.5. The lowest BCUT2D eigenvalue weighted by Gasteiger charge is -1.96. The Morgan fingerprint density at radius 1 is 1.67 bits per heavy atom. The van der Waals surface area contributed by atoms with E-state index >= 15 is 0 Å². The van der Waals surface area contributed by atoms with Gasteiger partial charge in [-0.3, -0.25) is 9.79 Å². The molecule has 1 aromatic heterocycles. The van der Waals surface area contributed by atoms with E-state index in [1.54, 1.807) is 0 Å². The van der Waals surface area contributed by atoms with Gasteiger partial charge in [-0.15, -0.1) is 0 Å². The van der Waals surface area contributed by atoms with Gasteiger partial charge in [-0.2, -0.15) is 0 Å². The van der Waals surface area contributed by atoms with Gasteiger partial charge in [0, 0.05) is 13.2 Å². The zero-order valence-corrected chi connectivity index (χ0v) is 6.90. The van der Waals surface area contributed by atoms with Crippen LogP contribution in [0.2, 0.25) is 0 Å². The van der Waals surface area contributed by atoms with Crippen molar-refractivity contribution in [1.29, 1.82) is 0 Å². The molecule has 64 valence electrons. The number of carbonyl (C=O) groups is 1. The van der Waals surface area contributed by atoms with Crippen LogP contribution in [0.5, 0.6) is 0 Å². The zero-order chi connectivity index (χ0) is 8.97. The molecule has 1 rings (SSSR count). The Balaban J connectivity index is 2.94. The minimum atomic E-state index is -0.418. The predicted octanol–water partition coefficient (Wildman–Crippen LogP) is -0.589. The van der Waals surface area contributed by atoms with E-state index in [2.05, 4.69) is 4.99 Å². The van der Waals surface area contributed by atoms with Crippen LogP contribution in [0, 0.1) is 0 Å². The smallest absolute Gasteiger partial charge is 0.239 e. The third-order valence-electron chi connectivity index (χ3n) is 1.42. The van der Waals surface area contributed by atoms with Gasteiger partial charge in [-0.25, -0.2) is 0 Å². The van der Waals surface area contributed by atoms with Crippen LogP contribution < -0.4 is 11.2 Å². The molecule has 0 radical (unpaired) electrons. The zero-order valence-electron chi connectivity index (χ0n) is 6.90. The standard InChI is InChI=1S/C8H11N3O/c1-11-5-3-2-4-8(11)10-6-7(9)12/h2-5H,6H2,1H3,(H2,9,12). The second kappa shape index (κ2) is 3.71. The van der Waals surface area contributed by atoms with Crippen LogP contribution in [-0.4, -0.2) is 17.0 Å². The number of carbonyl (C=O) groups excluding carboxylic acids is 1. The fraction of sp³-hybridized carbons (Fsp3) is 0.250. The summed E-state index contributed by atoms with van der Waals surface area (Å²) in [6.45, 7) is 0.0395. The van der Waals surface area contributed by atoms with Crippen LogP contribution in [-0.2, 0) is 11.8 Å². The first kappa shape index (κ1) is 8.52. The van der Waals surface area contributed by atoms with E-state index in [0.29, 0.717) is 0 Å². The van der Waals surface area contributed by atoms with Crippen molar-refractivity contribution < 1.29 is 4.79 Å². The molecular formula is C8H11N3O. The molecule has 0 atom stereocenters. The lowest BCUT2D eigenvalue weighted by Crippen LogP contribution is -2.21. The Labute approximate surface area is 70.4 Å². The van der Waals surface area contributed by atoms with Crippen molar-refractivity contribution in [3.63, 3.8) is 0 Å². The van der Waals surface area contributed by atoms with E-state index in [1.165, 1.54) is 0 Å². The fourth-order valence-electron chi connectivity index (χ4n) is 0.838. The maximum absolute atomic E-state index is 10.4. The first-order chi connectivity index (χ1) is 5.70. The maximum Gasteiger partial charge on any atom is 0.239 e. The molecule has 0 unspecified atom stereocenters. The minimum Gasteiger partial charge on any atom is -0.368 e. The van der Waals surface area contributed by atoms with Gasteiger partial charge in [0.25, 0.3) is 0 Å². The first-order valence-electron chi connectivity index (χ1n) is 3.60. The van der Waals surface area contributed by atoms with Crippen molar-refractivity contribution in [1.82, 2.24) is 4.57 Å². The molecule has 0 saturated heterocycles. The molecule has 0 spiro atoms. The molecule has 1 heterocycles. The summed E-state index contributed by atoms with van der Waals surface area (Å²) in [6.07, 6.45) is 1.86. The molecule has 1 aromatic rings. The van der Waals surface area contributed by atoms with Crippen LogP contribution >= 0.6 is 0 Å². The third-order valence-corrected chi connectivity index (χ3v) is 1.42. The number of aromatic nitrogens is 1. The van der Waals surface area contributed by atoms with Crippen molar-refractivity contribution in [2.75, 3.05) is 6.54 Å². The van der Waals surface area contributed by atoms with E-state index in [9.17, 15) is 4.79 Å². The number of primary amides is 1. The highest BCUT2D eigenvalue weighted by molar-refractivity contribution is 5.75. The van der Waals surface area contributed by atoms with Gasteiger partial charge in [0.1, 0.15) is 12.0 Å². The summed E-state index contributed by atoms with van der Waals surface area (Å²) in [5.41, 5.74) is 5.69. The van der Waals surface area contributed by atoms with E-state index in [4.69, 9.17) is 5.73 Å². The van der Waals surface area contributed by atoms with E-state index in [-0.39, 0.29) is 6.54 Å². The number of amides is 1. The van der Waals surface area contributed by atoms with Gasteiger partial charge in [0.15, 0.2) is 0 Å². The number of rotatable bonds is 2. The number of aryl methyl sites for hydroxylation is 1. The van der Waals surface area contributed by atoms with Gasteiger partial charge in [-0.05, 0) is 12.1 Å². The van der Waals surface area contributed by atoms with Gasteiger partial charge < -0.3 is 10.3 Å².